The van der Waals surface area contributed by atoms with Gasteiger partial charge in [-0.25, -0.2) is 0 Å². The van der Waals surface area contributed by atoms with Crippen LogP contribution in [0.5, 0.6) is 0 Å². The highest BCUT2D eigenvalue weighted by Gasteiger charge is 2.19. The Balaban J connectivity index is 4.37. The summed E-state index contributed by atoms with van der Waals surface area (Å²) < 4.78 is 16.8. The fourth-order valence-corrected chi connectivity index (χ4v) is 8.70. The van der Waals surface area contributed by atoms with E-state index in [4.69, 9.17) is 14.2 Å². The second-order valence-electron chi connectivity index (χ2n) is 19.9. The summed E-state index contributed by atoms with van der Waals surface area (Å²) in [6, 6.07) is 0. The van der Waals surface area contributed by atoms with Crippen molar-refractivity contribution in [3.63, 3.8) is 0 Å². The van der Waals surface area contributed by atoms with Crippen LogP contribution in [-0.4, -0.2) is 37.2 Å². The Labute approximate surface area is 416 Å². The Kier molecular flexibility index (Phi) is 54.2. The predicted molar refractivity (Wildman–Crippen MR) is 289 cm³/mol. The van der Waals surface area contributed by atoms with Gasteiger partial charge in [0, 0.05) is 19.3 Å². The number of carbonyl (C=O) groups excluding carboxylic acids is 3. The van der Waals surface area contributed by atoms with Crippen molar-refractivity contribution in [2.24, 2.45) is 0 Å². The number of allylic oxidation sites excluding steroid dienone is 6. The van der Waals surface area contributed by atoms with E-state index in [0.717, 1.165) is 57.8 Å². The summed E-state index contributed by atoms with van der Waals surface area (Å²) in [5.41, 5.74) is 0. The van der Waals surface area contributed by atoms with E-state index >= 15 is 0 Å². The molecule has 6 nitrogen and oxygen atoms in total. The Hall–Kier alpha value is -2.37. The minimum Gasteiger partial charge on any atom is -0.462 e. The summed E-state index contributed by atoms with van der Waals surface area (Å²) >= 11 is 0. The van der Waals surface area contributed by atoms with Gasteiger partial charge >= 0.3 is 17.9 Å². The largest absolute Gasteiger partial charge is 0.462 e. The van der Waals surface area contributed by atoms with Gasteiger partial charge in [-0.05, 0) is 51.4 Å². The van der Waals surface area contributed by atoms with Crippen molar-refractivity contribution < 1.29 is 28.6 Å². The minimum atomic E-state index is -0.794. The van der Waals surface area contributed by atoms with Gasteiger partial charge in [0.05, 0.1) is 0 Å². The molecule has 0 aliphatic rings. The van der Waals surface area contributed by atoms with Crippen LogP contribution >= 0.6 is 0 Å². The van der Waals surface area contributed by atoms with Crippen molar-refractivity contribution in [1.29, 1.82) is 0 Å². The van der Waals surface area contributed by atoms with Gasteiger partial charge in [-0.2, -0.15) is 0 Å². The van der Waals surface area contributed by atoms with E-state index in [0.29, 0.717) is 19.3 Å². The van der Waals surface area contributed by atoms with Crippen LogP contribution in [-0.2, 0) is 28.6 Å². The molecule has 0 bridgehead atoms. The molecule has 0 unspecified atom stereocenters. The molecule has 0 amide bonds. The van der Waals surface area contributed by atoms with Crippen LogP contribution in [0.25, 0.3) is 0 Å². The van der Waals surface area contributed by atoms with E-state index < -0.39 is 6.10 Å². The Morgan fingerprint density at radius 1 is 0.299 bits per heavy atom. The Morgan fingerprint density at radius 2 is 0.552 bits per heavy atom. The molecule has 0 aromatic carbocycles. The lowest BCUT2D eigenvalue weighted by Crippen LogP contribution is -2.30. The molecule has 0 spiro atoms. The van der Waals surface area contributed by atoms with Crippen molar-refractivity contribution in [3.05, 3.63) is 36.5 Å². The number of rotatable bonds is 54. The molecule has 0 heterocycles. The average molecular weight is 942 g/mol. The van der Waals surface area contributed by atoms with Crippen molar-refractivity contribution in [3.8, 4) is 0 Å². The van der Waals surface area contributed by atoms with Crippen molar-refractivity contribution in [2.75, 3.05) is 13.2 Å². The molecule has 0 aromatic heterocycles. The van der Waals surface area contributed by atoms with E-state index in [2.05, 4.69) is 57.2 Å². The van der Waals surface area contributed by atoms with Gasteiger partial charge in [-0.15, -0.1) is 0 Å². The molecule has 0 fully saturated rings. The highest BCUT2D eigenvalue weighted by atomic mass is 16.6. The molecule has 392 valence electrons. The zero-order chi connectivity index (χ0) is 48.6. The molecule has 0 aromatic rings. The molecule has 6 heteroatoms. The van der Waals surface area contributed by atoms with Gasteiger partial charge in [0.25, 0.3) is 0 Å². The van der Waals surface area contributed by atoms with Crippen LogP contribution in [0.4, 0.5) is 0 Å². The fourth-order valence-electron chi connectivity index (χ4n) is 8.70. The Morgan fingerprint density at radius 3 is 0.881 bits per heavy atom. The van der Waals surface area contributed by atoms with Crippen LogP contribution in [0.3, 0.4) is 0 Å². The minimum absolute atomic E-state index is 0.0871. The second kappa shape index (κ2) is 56.2. The summed E-state index contributed by atoms with van der Waals surface area (Å²) in [6.45, 7) is 6.64. The molecular formula is C61H112O6. The zero-order valence-corrected chi connectivity index (χ0v) is 44.9. The molecule has 1 atom stereocenters. The summed E-state index contributed by atoms with van der Waals surface area (Å²) in [4.78, 5) is 38.1. The zero-order valence-electron chi connectivity index (χ0n) is 44.9. The third-order valence-corrected chi connectivity index (χ3v) is 13.1. The molecule has 0 aliphatic carbocycles. The lowest BCUT2D eigenvalue weighted by Gasteiger charge is -2.18. The number of hydrogen-bond acceptors (Lipinski definition) is 6. The van der Waals surface area contributed by atoms with Crippen LogP contribution in [0.2, 0.25) is 0 Å². The highest BCUT2D eigenvalue weighted by Crippen LogP contribution is 2.17. The van der Waals surface area contributed by atoms with Gasteiger partial charge in [-0.3, -0.25) is 14.4 Å². The lowest BCUT2D eigenvalue weighted by molar-refractivity contribution is -0.167. The first kappa shape index (κ1) is 64.6. The standard InChI is InChI=1S/C61H112O6/c1-4-7-10-13-16-19-22-25-27-29-30-32-33-36-39-42-45-48-51-54-60(63)66-57-58(56-65-59(62)53-50-47-44-41-38-35-24-21-18-15-12-9-6-3)67-61(64)55-52-49-46-43-40-37-34-31-28-26-23-20-17-14-11-8-5-2/h26,28,34,37,43,46,58H,4-25,27,29-33,35-36,38-42,44-45,47-57H2,1-3H3/b28-26-,37-34-,46-43-/t58-/m0/s1. The van der Waals surface area contributed by atoms with E-state index in [1.165, 1.54) is 212 Å². The summed E-state index contributed by atoms with van der Waals surface area (Å²) in [5.74, 6) is -0.920. The summed E-state index contributed by atoms with van der Waals surface area (Å²) in [5, 5.41) is 0. The highest BCUT2D eigenvalue weighted by molar-refractivity contribution is 5.71. The van der Waals surface area contributed by atoms with Crippen molar-refractivity contribution in [1.82, 2.24) is 0 Å². The van der Waals surface area contributed by atoms with E-state index in [-0.39, 0.29) is 37.5 Å². The van der Waals surface area contributed by atoms with Gasteiger partial charge < -0.3 is 14.2 Å². The number of carbonyl (C=O) groups is 3. The first-order chi connectivity index (χ1) is 33.0. The maximum atomic E-state index is 12.8. The number of ether oxygens (including phenoxy) is 3. The maximum absolute atomic E-state index is 12.8. The monoisotopic (exact) mass is 941 g/mol. The van der Waals surface area contributed by atoms with Crippen LogP contribution in [0.15, 0.2) is 36.5 Å². The first-order valence-electron chi connectivity index (χ1n) is 29.5. The van der Waals surface area contributed by atoms with Gasteiger partial charge in [0.2, 0.25) is 0 Å². The SMILES string of the molecule is CCCCCCCC/C=C\C/C=C\C/C=C\CCCC(=O)O[C@@H](COC(=O)CCCCCCCCCCCCCCC)COC(=O)CCCCCCCCCCCCCCCCCCCCC. The van der Waals surface area contributed by atoms with E-state index in [1.807, 2.05) is 0 Å². The second-order valence-corrected chi connectivity index (χ2v) is 19.9. The third-order valence-electron chi connectivity index (χ3n) is 13.1. The first-order valence-corrected chi connectivity index (χ1v) is 29.5. The molecule has 0 radical (unpaired) electrons. The maximum Gasteiger partial charge on any atom is 0.306 e. The van der Waals surface area contributed by atoms with E-state index in [9.17, 15) is 14.4 Å². The van der Waals surface area contributed by atoms with Gasteiger partial charge in [-0.1, -0.05) is 282 Å². The third kappa shape index (κ3) is 54.4. The molecule has 0 saturated carbocycles. The number of unbranched alkanes of at least 4 members (excludes halogenated alkanes) is 37. The Bertz CT molecular complexity index is 1130. The lowest BCUT2D eigenvalue weighted by atomic mass is 10.0. The van der Waals surface area contributed by atoms with E-state index in [1.54, 1.807) is 0 Å². The molecule has 0 aliphatic heterocycles. The quantitative estimate of drug-likeness (QED) is 0.0262. The van der Waals surface area contributed by atoms with Gasteiger partial charge in [0.1, 0.15) is 13.2 Å². The predicted octanol–water partition coefficient (Wildman–Crippen LogP) is 19.7. The normalized spacial score (nSPS) is 12.2. The smallest absolute Gasteiger partial charge is 0.306 e. The van der Waals surface area contributed by atoms with Crippen molar-refractivity contribution in [2.45, 2.75) is 322 Å². The summed E-state index contributed by atoms with van der Waals surface area (Å²) in [7, 11) is 0. The topological polar surface area (TPSA) is 78.9 Å². The average Bonchev–Trinajstić information content (AvgIpc) is 3.33. The number of esters is 3. The molecule has 67 heavy (non-hydrogen) atoms. The molecule has 0 N–H and O–H groups in total. The summed E-state index contributed by atoms with van der Waals surface area (Å²) in [6.07, 6.45) is 67.2. The number of hydrogen-bond donors (Lipinski definition) is 0. The van der Waals surface area contributed by atoms with Crippen LogP contribution < -0.4 is 0 Å². The van der Waals surface area contributed by atoms with Crippen LogP contribution in [0, 0.1) is 0 Å². The van der Waals surface area contributed by atoms with Crippen LogP contribution in [0.1, 0.15) is 316 Å². The molecular weight excluding hydrogens is 829 g/mol. The fraction of sp³-hybridized carbons (Fsp3) is 0.852. The molecule has 0 rings (SSSR count). The molecule has 0 saturated heterocycles. The van der Waals surface area contributed by atoms with Gasteiger partial charge in [0.15, 0.2) is 6.10 Å². The van der Waals surface area contributed by atoms with Crippen molar-refractivity contribution >= 4 is 17.9 Å².